The van der Waals surface area contributed by atoms with Crippen molar-refractivity contribution in [3.05, 3.63) is 59.7 Å². The van der Waals surface area contributed by atoms with Crippen LogP contribution in [-0.2, 0) is 0 Å². The second-order valence-corrected chi connectivity index (χ2v) is 3.93. The normalized spacial score (nSPS) is 9.89. The second-order valence-electron chi connectivity index (χ2n) is 3.93. The van der Waals surface area contributed by atoms with E-state index in [4.69, 9.17) is 9.47 Å². The van der Waals surface area contributed by atoms with Gasteiger partial charge in [0.25, 0.3) is 0 Å². The van der Waals surface area contributed by atoms with Gasteiger partial charge in [-0.15, -0.1) is 0 Å². The van der Waals surface area contributed by atoms with Gasteiger partial charge in [-0.2, -0.15) is 0 Å². The lowest BCUT2D eigenvalue weighted by Gasteiger charge is -2.05. The molecule has 0 aliphatic heterocycles. The van der Waals surface area contributed by atoms with Crippen LogP contribution in [0.25, 0.3) is 0 Å². The zero-order valence-corrected chi connectivity index (χ0v) is 10.3. The first-order valence-corrected chi connectivity index (χ1v) is 5.62. The number of esters is 1. The molecule has 0 radical (unpaired) electrons. The number of methoxy groups -OCH3 is 1. The number of ether oxygens (including phenoxy) is 2. The van der Waals surface area contributed by atoms with E-state index < -0.39 is 0 Å². The topological polar surface area (TPSA) is 35.5 Å². The summed E-state index contributed by atoms with van der Waals surface area (Å²) in [6, 6.07) is 14.2. The SMILES string of the molecule is COc1ccc(C(=O)Oc2cccc(C)c2)cc1. The minimum atomic E-state index is -0.372. The van der Waals surface area contributed by atoms with Crippen LogP contribution in [0.4, 0.5) is 0 Å². The fourth-order valence-electron chi connectivity index (χ4n) is 1.57. The molecule has 2 aromatic rings. The van der Waals surface area contributed by atoms with E-state index >= 15 is 0 Å². The van der Waals surface area contributed by atoms with E-state index in [0.717, 1.165) is 5.56 Å². The first kappa shape index (κ1) is 12.2. The third kappa shape index (κ3) is 2.88. The molecule has 0 spiro atoms. The van der Waals surface area contributed by atoms with Crippen LogP contribution in [0.15, 0.2) is 48.5 Å². The van der Waals surface area contributed by atoms with Crippen LogP contribution in [0.2, 0.25) is 0 Å². The molecule has 0 bridgehead atoms. The Morgan fingerprint density at radius 2 is 1.72 bits per heavy atom. The van der Waals surface area contributed by atoms with Crippen molar-refractivity contribution in [1.29, 1.82) is 0 Å². The molecule has 2 aromatic carbocycles. The van der Waals surface area contributed by atoms with Crippen LogP contribution in [0, 0.1) is 6.92 Å². The van der Waals surface area contributed by atoms with E-state index in [1.807, 2.05) is 25.1 Å². The number of aryl methyl sites for hydroxylation is 1. The van der Waals surface area contributed by atoms with Crippen molar-refractivity contribution in [3.8, 4) is 11.5 Å². The van der Waals surface area contributed by atoms with Gasteiger partial charge in [-0.1, -0.05) is 12.1 Å². The lowest BCUT2D eigenvalue weighted by Crippen LogP contribution is -2.08. The maximum atomic E-state index is 11.9. The summed E-state index contributed by atoms with van der Waals surface area (Å²) in [5, 5.41) is 0. The highest BCUT2D eigenvalue weighted by atomic mass is 16.5. The van der Waals surface area contributed by atoms with Crippen LogP contribution < -0.4 is 9.47 Å². The molecule has 0 unspecified atom stereocenters. The number of rotatable bonds is 3. The highest BCUT2D eigenvalue weighted by Gasteiger charge is 2.08. The summed E-state index contributed by atoms with van der Waals surface area (Å²) < 4.78 is 10.3. The summed E-state index contributed by atoms with van der Waals surface area (Å²) in [7, 11) is 1.58. The maximum Gasteiger partial charge on any atom is 0.343 e. The van der Waals surface area contributed by atoms with Gasteiger partial charge in [-0.05, 0) is 48.9 Å². The lowest BCUT2D eigenvalue weighted by atomic mass is 10.2. The number of carbonyl (C=O) groups excluding carboxylic acids is 1. The molecule has 0 heterocycles. The van der Waals surface area contributed by atoms with Crippen LogP contribution in [-0.4, -0.2) is 13.1 Å². The summed E-state index contributed by atoms with van der Waals surface area (Å²) >= 11 is 0. The molecule has 0 atom stereocenters. The number of hydrogen-bond donors (Lipinski definition) is 0. The summed E-state index contributed by atoms with van der Waals surface area (Å²) in [6.07, 6.45) is 0. The van der Waals surface area contributed by atoms with Gasteiger partial charge in [-0.3, -0.25) is 0 Å². The van der Waals surface area contributed by atoms with Crippen molar-refractivity contribution in [2.75, 3.05) is 7.11 Å². The zero-order chi connectivity index (χ0) is 13.0. The quantitative estimate of drug-likeness (QED) is 0.612. The number of hydrogen-bond acceptors (Lipinski definition) is 3. The van der Waals surface area contributed by atoms with E-state index in [1.54, 1.807) is 37.4 Å². The maximum absolute atomic E-state index is 11.9. The largest absolute Gasteiger partial charge is 0.497 e. The zero-order valence-electron chi connectivity index (χ0n) is 10.3. The molecular weight excluding hydrogens is 228 g/mol. The van der Waals surface area contributed by atoms with E-state index in [1.165, 1.54) is 0 Å². The van der Waals surface area contributed by atoms with Crippen molar-refractivity contribution in [2.24, 2.45) is 0 Å². The van der Waals surface area contributed by atoms with Crippen molar-refractivity contribution >= 4 is 5.97 Å². The summed E-state index contributed by atoms with van der Waals surface area (Å²) in [5.41, 5.74) is 1.55. The summed E-state index contributed by atoms with van der Waals surface area (Å²) in [5.74, 6) is 0.890. The van der Waals surface area contributed by atoms with E-state index in [-0.39, 0.29) is 5.97 Å². The van der Waals surface area contributed by atoms with Crippen molar-refractivity contribution in [3.63, 3.8) is 0 Å². The molecule has 0 N–H and O–H groups in total. The highest BCUT2D eigenvalue weighted by molar-refractivity contribution is 5.91. The molecule has 0 aromatic heterocycles. The molecule has 92 valence electrons. The molecule has 0 fully saturated rings. The van der Waals surface area contributed by atoms with Gasteiger partial charge < -0.3 is 9.47 Å². The molecule has 0 saturated heterocycles. The van der Waals surface area contributed by atoms with Crippen molar-refractivity contribution < 1.29 is 14.3 Å². The number of carbonyl (C=O) groups is 1. The standard InChI is InChI=1S/C15H14O3/c1-11-4-3-5-14(10-11)18-15(16)12-6-8-13(17-2)9-7-12/h3-10H,1-2H3. The first-order valence-electron chi connectivity index (χ1n) is 5.62. The van der Waals surface area contributed by atoms with Crippen LogP contribution >= 0.6 is 0 Å². The molecule has 3 heteroatoms. The highest BCUT2D eigenvalue weighted by Crippen LogP contribution is 2.16. The average molecular weight is 242 g/mol. The Morgan fingerprint density at radius 3 is 2.33 bits per heavy atom. The van der Waals surface area contributed by atoms with E-state index in [2.05, 4.69) is 0 Å². The molecule has 3 nitrogen and oxygen atoms in total. The van der Waals surface area contributed by atoms with Gasteiger partial charge in [0.05, 0.1) is 12.7 Å². The third-order valence-electron chi connectivity index (χ3n) is 2.53. The van der Waals surface area contributed by atoms with Gasteiger partial charge in [0.2, 0.25) is 0 Å². The van der Waals surface area contributed by atoms with Gasteiger partial charge in [0, 0.05) is 0 Å². The average Bonchev–Trinajstić information content (AvgIpc) is 2.39. The summed E-state index contributed by atoms with van der Waals surface area (Å²) in [4.78, 5) is 11.9. The molecule has 0 aliphatic rings. The Morgan fingerprint density at radius 1 is 1.00 bits per heavy atom. The fraction of sp³-hybridized carbons (Fsp3) is 0.133. The third-order valence-corrected chi connectivity index (χ3v) is 2.53. The molecule has 2 rings (SSSR count). The molecule has 18 heavy (non-hydrogen) atoms. The predicted octanol–water partition coefficient (Wildman–Crippen LogP) is 3.22. The monoisotopic (exact) mass is 242 g/mol. The Hall–Kier alpha value is -2.29. The van der Waals surface area contributed by atoms with Crippen molar-refractivity contribution in [1.82, 2.24) is 0 Å². The lowest BCUT2D eigenvalue weighted by molar-refractivity contribution is 0.0734. The number of benzene rings is 2. The Labute approximate surface area is 106 Å². The minimum absolute atomic E-state index is 0.372. The van der Waals surface area contributed by atoms with Crippen LogP contribution in [0.3, 0.4) is 0 Å². The van der Waals surface area contributed by atoms with E-state index in [0.29, 0.717) is 17.1 Å². The molecule has 0 aliphatic carbocycles. The van der Waals surface area contributed by atoms with Gasteiger partial charge >= 0.3 is 5.97 Å². The first-order chi connectivity index (χ1) is 8.69. The minimum Gasteiger partial charge on any atom is -0.497 e. The predicted molar refractivity (Wildman–Crippen MR) is 69.1 cm³/mol. The van der Waals surface area contributed by atoms with Crippen LogP contribution in [0.5, 0.6) is 11.5 Å². The molecule has 0 amide bonds. The fourth-order valence-corrected chi connectivity index (χ4v) is 1.57. The Bertz CT molecular complexity index is 544. The Kier molecular flexibility index (Phi) is 3.63. The smallest absolute Gasteiger partial charge is 0.343 e. The van der Waals surface area contributed by atoms with Crippen molar-refractivity contribution in [2.45, 2.75) is 6.92 Å². The second kappa shape index (κ2) is 5.36. The van der Waals surface area contributed by atoms with Crippen LogP contribution in [0.1, 0.15) is 15.9 Å². The summed E-state index contributed by atoms with van der Waals surface area (Å²) in [6.45, 7) is 1.95. The van der Waals surface area contributed by atoms with Gasteiger partial charge in [0.15, 0.2) is 0 Å². The molecular formula is C15H14O3. The van der Waals surface area contributed by atoms with Gasteiger partial charge in [0.1, 0.15) is 11.5 Å². The van der Waals surface area contributed by atoms with Gasteiger partial charge in [-0.25, -0.2) is 4.79 Å². The van der Waals surface area contributed by atoms with E-state index in [9.17, 15) is 4.79 Å². The Balaban J connectivity index is 2.11. The molecule has 0 saturated carbocycles.